The number of ketones is 2. The molecule has 0 aromatic heterocycles. The van der Waals surface area contributed by atoms with Crippen LogP contribution in [0.5, 0.6) is 0 Å². The lowest BCUT2D eigenvalue weighted by atomic mass is 9.99. The van der Waals surface area contributed by atoms with Gasteiger partial charge in [-0.3, -0.25) is 9.59 Å². The number of carbonyl (C=O) groups excluding carboxylic acids is 2. The van der Waals surface area contributed by atoms with Crippen molar-refractivity contribution in [2.24, 2.45) is 0 Å². The maximum Gasteiger partial charge on any atom is 0.165 e. The first-order valence-electron chi connectivity index (χ1n) is 6.90. The highest BCUT2D eigenvalue weighted by atomic mass is 16.5. The van der Waals surface area contributed by atoms with Gasteiger partial charge in [0.1, 0.15) is 0 Å². The van der Waals surface area contributed by atoms with Crippen molar-refractivity contribution in [3.63, 3.8) is 0 Å². The van der Waals surface area contributed by atoms with Crippen molar-refractivity contribution < 1.29 is 14.3 Å². The van der Waals surface area contributed by atoms with E-state index in [0.717, 1.165) is 0 Å². The number of methoxy groups -OCH3 is 1. The summed E-state index contributed by atoms with van der Waals surface area (Å²) in [5.41, 5.74) is 1.29. The number of hydrogen-bond acceptors (Lipinski definition) is 3. The zero-order valence-corrected chi connectivity index (χ0v) is 12.0. The zero-order chi connectivity index (χ0) is 15.1. The van der Waals surface area contributed by atoms with E-state index in [1.54, 1.807) is 24.3 Å². The van der Waals surface area contributed by atoms with Crippen LogP contribution in [0.2, 0.25) is 0 Å². The Labute approximate surface area is 124 Å². The number of Topliss-reactive ketones (excluding diaryl/α,β-unsaturated/α-hetero) is 2. The lowest BCUT2D eigenvalue weighted by Crippen LogP contribution is -2.20. The predicted octanol–water partition coefficient (Wildman–Crippen LogP) is 3.55. The molecule has 0 aliphatic rings. The van der Waals surface area contributed by atoms with Gasteiger partial charge in [0.2, 0.25) is 0 Å². The number of hydrogen-bond donors (Lipinski definition) is 0. The van der Waals surface area contributed by atoms with E-state index in [-0.39, 0.29) is 24.4 Å². The van der Waals surface area contributed by atoms with Gasteiger partial charge in [-0.15, -0.1) is 0 Å². The van der Waals surface area contributed by atoms with E-state index in [1.807, 2.05) is 36.4 Å². The molecule has 0 N–H and O–H groups in total. The van der Waals surface area contributed by atoms with E-state index in [1.165, 1.54) is 7.11 Å². The van der Waals surface area contributed by atoms with Gasteiger partial charge in [-0.1, -0.05) is 60.7 Å². The number of benzene rings is 2. The van der Waals surface area contributed by atoms with Crippen LogP contribution in [-0.2, 0) is 4.74 Å². The van der Waals surface area contributed by atoms with Gasteiger partial charge in [0.25, 0.3) is 0 Å². The summed E-state index contributed by atoms with van der Waals surface area (Å²) in [6, 6.07) is 18.1. The Kier molecular flexibility index (Phi) is 5.41. The van der Waals surface area contributed by atoms with E-state index in [9.17, 15) is 9.59 Å². The van der Waals surface area contributed by atoms with Gasteiger partial charge in [0.15, 0.2) is 11.6 Å². The van der Waals surface area contributed by atoms with Gasteiger partial charge >= 0.3 is 0 Å². The van der Waals surface area contributed by atoms with Crippen molar-refractivity contribution in [2.75, 3.05) is 7.11 Å². The fraction of sp³-hybridized carbons (Fsp3) is 0.222. The summed E-state index contributed by atoms with van der Waals surface area (Å²) in [5.74, 6) is -0.0216. The van der Waals surface area contributed by atoms with Crippen molar-refractivity contribution in [1.29, 1.82) is 0 Å². The van der Waals surface area contributed by atoms with Crippen molar-refractivity contribution in [3.05, 3.63) is 71.8 Å². The van der Waals surface area contributed by atoms with Crippen LogP contribution in [0.25, 0.3) is 0 Å². The predicted molar refractivity (Wildman–Crippen MR) is 81.6 cm³/mol. The van der Waals surface area contributed by atoms with Gasteiger partial charge < -0.3 is 4.74 Å². The summed E-state index contributed by atoms with van der Waals surface area (Å²) in [7, 11) is 1.53. The first-order chi connectivity index (χ1) is 10.2. The molecule has 0 unspecified atom stereocenters. The van der Waals surface area contributed by atoms with E-state index in [0.29, 0.717) is 11.1 Å². The Morgan fingerprint density at radius 1 is 0.810 bits per heavy atom. The summed E-state index contributed by atoms with van der Waals surface area (Å²) in [4.78, 5) is 24.3. The largest absolute Gasteiger partial charge is 0.381 e. The molecule has 108 valence electrons. The van der Waals surface area contributed by atoms with Crippen molar-refractivity contribution in [2.45, 2.75) is 18.9 Å². The molecule has 0 amide bonds. The van der Waals surface area contributed by atoms with Crippen LogP contribution in [0.3, 0.4) is 0 Å². The molecule has 2 rings (SSSR count). The van der Waals surface area contributed by atoms with E-state index < -0.39 is 6.10 Å². The van der Waals surface area contributed by atoms with Gasteiger partial charge in [-0.05, 0) is 0 Å². The molecule has 21 heavy (non-hydrogen) atoms. The van der Waals surface area contributed by atoms with Crippen LogP contribution < -0.4 is 0 Å². The second kappa shape index (κ2) is 7.50. The standard InChI is InChI=1S/C18H18O3/c1-21-16(12-17(19)14-8-4-2-5-9-14)13-18(20)15-10-6-3-7-11-15/h2-11,16H,12-13H2,1H3. The smallest absolute Gasteiger partial charge is 0.165 e. The zero-order valence-electron chi connectivity index (χ0n) is 12.0. The fourth-order valence-electron chi connectivity index (χ4n) is 2.14. The van der Waals surface area contributed by atoms with E-state index in [4.69, 9.17) is 4.74 Å². The Balaban J connectivity index is 1.98. The number of rotatable bonds is 7. The van der Waals surface area contributed by atoms with Crippen molar-refractivity contribution >= 4 is 11.6 Å². The highest BCUT2D eigenvalue weighted by Crippen LogP contribution is 2.13. The average Bonchev–Trinajstić information content (AvgIpc) is 2.55. The molecule has 0 atom stereocenters. The fourth-order valence-corrected chi connectivity index (χ4v) is 2.14. The minimum Gasteiger partial charge on any atom is -0.381 e. The van der Waals surface area contributed by atoms with Crippen LogP contribution >= 0.6 is 0 Å². The van der Waals surface area contributed by atoms with Gasteiger partial charge in [0, 0.05) is 31.1 Å². The molecular formula is C18H18O3. The van der Waals surface area contributed by atoms with E-state index >= 15 is 0 Å². The summed E-state index contributed by atoms with van der Waals surface area (Å²) >= 11 is 0. The first-order valence-corrected chi connectivity index (χ1v) is 6.90. The molecule has 0 fully saturated rings. The molecule has 2 aromatic rings. The molecule has 0 heterocycles. The Hall–Kier alpha value is -2.26. The molecule has 0 spiro atoms. The van der Waals surface area contributed by atoms with Crippen molar-refractivity contribution in [1.82, 2.24) is 0 Å². The third kappa shape index (κ3) is 4.36. The summed E-state index contributed by atoms with van der Waals surface area (Å²) < 4.78 is 5.29. The Bertz CT molecular complexity index is 537. The normalized spacial score (nSPS) is 10.6. The second-order valence-electron chi connectivity index (χ2n) is 4.84. The molecule has 2 aromatic carbocycles. The second-order valence-corrected chi connectivity index (χ2v) is 4.84. The average molecular weight is 282 g/mol. The van der Waals surface area contributed by atoms with E-state index in [2.05, 4.69) is 0 Å². The number of ether oxygens (including phenoxy) is 1. The minimum absolute atomic E-state index is 0.0108. The quantitative estimate of drug-likeness (QED) is 0.729. The summed E-state index contributed by atoms with van der Waals surface area (Å²) in [5, 5.41) is 0. The van der Waals surface area contributed by atoms with Crippen LogP contribution in [0.4, 0.5) is 0 Å². The number of carbonyl (C=O) groups is 2. The Morgan fingerprint density at radius 2 is 1.19 bits per heavy atom. The maximum atomic E-state index is 12.1. The molecule has 3 nitrogen and oxygen atoms in total. The molecule has 0 aliphatic carbocycles. The SMILES string of the molecule is COC(CC(=O)c1ccccc1)CC(=O)c1ccccc1. The highest BCUT2D eigenvalue weighted by Gasteiger charge is 2.18. The molecular weight excluding hydrogens is 264 g/mol. The topological polar surface area (TPSA) is 43.4 Å². The lowest BCUT2D eigenvalue weighted by Gasteiger charge is -2.14. The maximum absolute atomic E-state index is 12.1. The minimum atomic E-state index is -0.398. The monoisotopic (exact) mass is 282 g/mol. The molecule has 0 aliphatic heterocycles. The molecule has 0 bridgehead atoms. The van der Waals surface area contributed by atoms with Crippen LogP contribution in [0.15, 0.2) is 60.7 Å². The molecule has 0 saturated carbocycles. The summed E-state index contributed by atoms with van der Waals surface area (Å²) in [6.07, 6.45) is 0.0171. The molecule has 0 radical (unpaired) electrons. The Morgan fingerprint density at radius 3 is 1.52 bits per heavy atom. The third-order valence-electron chi connectivity index (χ3n) is 3.35. The van der Waals surface area contributed by atoms with Gasteiger partial charge in [-0.2, -0.15) is 0 Å². The lowest BCUT2D eigenvalue weighted by molar-refractivity contribution is 0.0635. The molecule has 3 heteroatoms. The van der Waals surface area contributed by atoms with Crippen LogP contribution in [0, 0.1) is 0 Å². The van der Waals surface area contributed by atoms with Crippen molar-refractivity contribution in [3.8, 4) is 0 Å². The van der Waals surface area contributed by atoms with Crippen LogP contribution in [-0.4, -0.2) is 24.8 Å². The highest BCUT2D eigenvalue weighted by molar-refractivity contribution is 5.98. The van der Waals surface area contributed by atoms with Gasteiger partial charge in [-0.25, -0.2) is 0 Å². The third-order valence-corrected chi connectivity index (χ3v) is 3.35. The summed E-state index contributed by atoms with van der Waals surface area (Å²) in [6.45, 7) is 0. The first kappa shape index (κ1) is 15.1. The van der Waals surface area contributed by atoms with Gasteiger partial charge in [0.05, 0.1) is 6.10 Å². The van der Waals surface area contributed by atoms with Crippen LogP contribution in [0.1, 0.15) is 33.6 Å². The molecule has 0 saturated heterocycles.